The van der Waals surface area contributed by atoms with E-state index in [1.54, 1.807) is 13.0 Å². The van der Waals surface area contributed by atoms with Gasteiger partial charge in [0.25, 0.3) is 0 Å². The molecule has 2 N–H and O–H groups in total. The fraction of sp³-hybridized carbons (Fsp3) is 0.364. The molecular formula is C11H13N3O3S. The number of ether oxygens (including phenoxy) is 2. The second-order valence-corrected chi connectivity index (χ2v) is 4.59. The first kappa shape index (κ1) is 12.6. The predicted molar refractivity (Wildman–Crippen MR) is 68.7 cm³/mol. The number of aromatic nitrogens is 2. The highest BCUT2D eigenvalue weighted by Gasteiger charge is 2.10. The van der Waals surface area contributed by atoms with Gasteiger partial charge in [0.05, 0.1) is 6.61 Å². The lowest BCUT2D eigenvalue weighted by Crippen LogP contribution is -2.15. The molecule has 0 unspecified atom stereocenters. The van der Waals surface area contributed by atoms with E-state index in [1.165, 1.54) is 11.3 Å². The molecule has 7 heteroatoms. The number of nitrogens with zero attached hydrogens (tertiary/aromatic N) is 2. The number of fused-ring (bicyclic) bond motifs is 1. The molecule has 6 nitrogen and oxygen atoms in total. The summed E-state index contributed by atoms with van der Waals surface area (Å²) in [5, 5.41) is 0.461. The highest BCUT2D eigenvalue weighted by atomic mass is 32.1. The van der Waals surface area contributed by atoms with Gasteiger partial charge in [0.1, 0.15) is 10.3 Å². The van der Waals surface area contributed by atoms with Crippen LogP contribution in [0.2, 0.25) is 0 Å². The number of anilines is 1. The lowest BCUT2D eigenvalue weighted by Gasteiger charge is -2.05. The fourth-order valence-electron chi connectivity index (χ4n) is 1.46. The number of esters is 1. The molecule has 2 aromatic rings. The smallest absolute Gasteiger partial charge is 0.344 e. The monoisotopic (exact) mass is 267 g/mol. The van der Waals surface area contributed by atoms with Gasteiger partial charge < -0.3 is 15.2 Å². The third-order valence-corrected chi connectivity index (χ3v) is 2.97. The Morgan fingerprint density at radius 2 is 2.28 bits per heavy atom. The maximum absolute atomic E-state index is 11.2. The maximum atomic E-state index is 11.2. The molecule has 0 aliphatic carbocycles. The van der Waals surface area contributed by atoms with Crippen molar-refractivity contribution >= 4 is 32.8 Å². The quantitative estimate of drug-likeness (QED) is 0.845. The van der Waals surface area contributed by atoms with Crippen LogP contribution in [0.4, 0.5) is 5.13 Å². The lowest BCUT2D eigenvalue weighted by atomic mass is 10.3. The van der Waals surface area contributed by atoms with Crippen LogP contribution in [0.25, 0.3) is 10.3 Å². The van der Waals surface area contributed by atoms with E-state index in [4.69, 9.17) is 15.2 Å². The Balaban J connectivity index is 2.16. The Bertz CT molecular complexity index is 582. The number of rotatable bonds is 4. The molecule has 0 aliphatic rings. The van der Waals surface area contributed by atoms with Crippen molar-refractivity contribution in [2.24, 2.45) is 0 Å². The van der Waals surface area contributed by atoms with E-state index in [1.807, 2.05) is 6.92 Å². The summed E-state index contributed by atoms with van der Waals surface area (Å²) in [4.78, 5) is 20.3. The maximum Gasteiger partial charge on any atom is 0.344 e. The van der Waals surface area contributed by atoms with E-state index in [0.717, 1.165) is 11.1 Å². The fourth-order valence-corrected chi connectivity index (χ4v) is 2.23. The summed E-state index contributed by atoms with van der Waals surface area (Å²) in [6.07, 6.45) is 0. The van der Waals surface area contributed by atoms with Crippen molar-refractivity contribution in [1.29, 1.82) is 0 Å². The Morgan fingerprint density at radius 3 is 3.00 bits per heavy atom. The van der Waals surface area contributed by atoms with Crippen molar-refractivity contribution in [2.75, 3.05) is 18.9 Å². The van der Waals surface area contributed by atoms with Crippen molar-refractivity contribution in [3.05, 3.63) is 11.6 Å². The molecule has 96 valence electrons. The Kier molecular flexibility index (Phi) is 3.61. The van der Waals surface area contributed by atoms with E-state index < -0.39 is 5.97 Å². The van der Waals surface area contributed by atoms with Gasteiger partial charge in [0, 0.05) is 6.07 Å². The molecule has 0 spiro atoms. The first-order chi connectivity index (χ1) is 8.60. The number of aryl methyl sites for hydroxylation is 1. The molecule has 18 heavy (non-hydrogen) atoms. The molecule has 0 aromatic carbocycles. The van der Waals surface area contributed by atoms with E-state index in [-0.39, 0.29) is 6.61 Å². The molecule has 0 fully saturated rings. The first-order valence-electron chi connectivity index (χ1n) is 5.42. The molecule has 0 amide bonds. The Hall–Kier alpha value is -1.89. The first-order valence-corrected chi connectivity index (χ1v) is 6.24. The topological polar surface area (TPSA) is 87.3 Å². The van der Waals surface area contributed by atoms with Gasteiger partial charge in [-0.2, -0.15) is 0 Å². The largest absolute Gasteiger partial charge is 0.466 e. The minimum absolute atomic E-state index is 0.153. The van der Waals surface area contributed by atoms with Crippen molar-refractivity contribution in [3.63, 3.8) is 0 Å². The normalized spacial score (nSPS) is 10.6. The second-order valence-electron chi connectivity index (χ2n) is 3.58. The zero-order valence-electron chi connectivity index (χ0n) is 10.1. The third kappa shape index (κ3) is 2.67. The number of thiazole rings is 1. The molecule has 0 radical (unpaired) electrons. The van der Waals surface area contributed by atoms with Crippen molar-refractivity contribution in [3.8, 4) is 5.88 Å². The van der Waals surface area contributed by atoms with Gasteiger partial charge in [-0.3, -0.25) is 0 Å². The third-order valence-electron chi connectivity index (χ3n) is 2.19. The molecule has 0 saturated heterocycles. The summed E-state index contributed by atoms with van der Waals surface area (Å²) < 4.78 is 10.0. The molecule has 0 bridgehead atoms. The van der Waals surface area contributed by atoms with Gasteiger partial charge in [-0.1, -0.05) is 11.3 Å². The predicted octanol–water partition coefficient (Wildman–Crippen LogP) is 1.52. The Labute approximate surface area is 108 Å². The minimum Gasteiger partial charge on any atom is -0.466 e. The van der Waals surface area contributed by atoms with Crippen molar-refractivity contribution in [1.82, 2.24) is 9.97 Å². The second kappa shape index (κ2) is 5.18. The van der Waals surface area contributed by atoms with Crippen LogP contribution in [0.5, 0.6) is 5.88 Å². The minimum atomic E-state index is -0.416. The molecule has 2 rings (SSSR count). The molecule has 0 saturated carbocycles. The van der Waals surface area contributed by atoms with Gasteiger partial charge in [-0.05, 0) is 19.4 Å². The van der Waals surface area contributed by atoms with Crippen LogP contribution in [0.1, 0.15) is 12.5 Å². The zero-order valence-corrected chi connectivity index (χ0v) is 10.9. The summed E-state index contributed by atoms with van der Waals surface area (Å²) in [7, 11) is 0. The summed E-state index contributed by atoms with van der Waals surface area (Å²) in [6.45, 7) is 3.81. The number of nitrogens with two attached hydrogens (primary N) is 1. The highest BCUT2D eigenvalue weighted by Crippen LogP contribution is 2.27. The van der Waals surface area contributed by atoms with Crippen molar-refractivity contribution < 1.29 is 14.3 Å². The van der Waals surface area contributed by atoms with Crippen LogP contribution in [0.3, 0.4) is 0 Å². The van der Waals surface area contributed by atoms with Gasteiger partial charge in [-0.15, -0.1) is 0 Å². The van der Waals surface area contributed by atoms with Gasteiger partial charge >= 0.3 is 5.97 Å². The van der Waals surface area contributed by atoms with Crippen LogP contribution >= 0.6 is 11.3 Å². The summed E-state index contributed by atoms with van der Waals surface area (Å²) in [5.41, 5.74) is 7.30. The average molecular weight is 267 g/mol. The average Bonchev–Trinajstić information content (AvgIpc) is 2.68. The van der Waals surface area contributed by atoms with Crippen LogP contribution in [-0.2, 0) is 9.53 Å². The van der Waals surface area contributed by atoms with Gasteiger partial charge in [0.2, 0.25) is 5.88 Å². The number of hydrogen-bond acceptors (Lipinski definition) is 7. The lowest BCUT2D eigenvalue weighted by molar-refractivity contribution is -0.145. The van der Waals surface area contributed by atoms with Crippen LogP contribution in [0, 0.1) is 6.92 Å². The van der Waals surface area contributed by atoms with E-state index in [2.05, 4.69) is 9.97 Å². The molecular weight excluding hydrogens is 254 g/mol. The van der Waals surface area contributed by atoms with Crippen LogP contribution < -0.4 is 10.5 Å². The van der Waals surface area contributed by atoms with Crippen LogP contribution in [0.15, 0.2) is 6.07 Å². The molecule has 2 heterocycles. The number of nitrogen functional groups attached to an aromatic ring is 1. The van der Waals surface area contributed by atoms with Crippen LogP contribution in [-0.4, -0.2) is 29.2 Å². The highest BCUT2D eigenvalue weighted by molar-refractivity contribution is 7.21. The van der Waals surface area contributed by atoms with E-state index >= 15 is 0 Å². The van der Waals surface area contributed by atoms with E-state index in [0.29, 0.717) is 22.4 Å². The summed E-state index contributed by atoms with van der Waals surface area (Å²) in [6, 6.07) is 1.72. The number of hydrogen-bond donors (Lipinski definition) is 1. The zero-order chi connectivity index (χ0) is 13.1. The standard InChI is InChI=1S/C11H13N3O3S/c1-3-16-8(15)5-17-7-4-6(2)9-10(13-7)18-11(12)14-9/h4H,3,5H2,1-2H3,(H2,12,14). The van der Waals surface area contributed by atoms with Gasteiger partial charge in [-0.25, -0.2) is 14.8 Å². The number of pyridine rings is 1. The Morgan fingerprint density at radius 1 is 1.50 bits per heavy atom. The van der Waals surface area contributed by atoms with E-state index in [9.17, 15) is 4.79 Å². The molecule has 0 atom stereocenters. The molecule has 0 aliphatic heterocycles. The number of carbonyl (C=O) groups excluding carboxylic acids is 1. The SMILES string of the molecule is CCOC(=O)COc1cc(C)c2nc(N)sc2n1. The van der Waals surface area contributed by atoms with Gasteiger partial charge in [0.15, 0.2) is 11.7 Å². The van der Waals surface area contributed by atoms with Crippen molar-refractivity contribution in [2.45, 2.75) is 13.8 Å². The summed E-state index contributed by atoms with van der Waals surface area (Å²) in [5.74, 6) is -0.0439. The summed E-state index contributed by atoms with van der Waals surface area (Å²) >= 11 is 1.28. The number of carbonyl (C=O) groups is 1. The molecule has 2 aromatic heterocycles.